The molecule has 1 aromatic carbocycles. The summed E-state index contributed by atoms with van der Waals surface area (Å²) in [5.74, 6) is 0. The molecule has 5 nitrogen and oxygen atoms in total. The van der Waals surface area contributed by atoms with E-state index < -0.39 is 0 Å². The van der Waals surface area contributed by atoms with Crippen LogP contribution in [0.15, 0.2) is 23.0 Å². The number of nitrogens with zero attached hydrogens (tertiary/aromatic N) is 3. The second kappa shape index (κ2) is 5.80. The van der Waals surface area contributed by atoms with Gasteiger partial charge in [0.2, 0.25) is 0 Å². The maximum absolute atomic E-state index is 12.4. The van der Waals surface area contributed by atoms with Gasteiger partial charge in [0.05, 0.1) is 11.2 Å². The SMILES string of the molecule is CN(C)c1ccc2[nH]c(=O)c(C#N)c(N3CCC4(CCC4)CC3)c2c1. The Hall–Kier alpha value is -2.48. The van der Waals surface area contributed by atoms with E-state index >= 15 is 0 Å². The average Bonchev–Trinajstić information content (AvgIpc) is 2.59. The zero-order valence-electron chi connectivity index (χ0n) is 14.9. The highest BCUT2D eigenvalue weighted by Gasteiger charge is 2.40. The molecule has 2 heterocycles. The third-order valence-corrected chi connectivity index (χ3v) is 6.15. The highest BCUT2D eigenvalue weighted by Crippen LogP contribution is 2.49. The molecule has 0 bridgehead atoms. The first-order valence-electron chi connectivity index (χ1n) is 9.05. The van der Waals surface area contributed by atoms with Crippen LogP contribution in [0.5, 0.6) is 0 Å². The van der Waals surface area contributed by atoms with E-state index in [2.05, 4.69) is 22.0 Å². The van der Waals surface area contributed by atoms with Gasteiger partial charge in [0.25, 0.3) is 5.56 Å². The van der Waals surface area contributed by atoms with Crippen LogP contribution in [0.25, 0.3) is 10.9 Å². The fraction of sp³-hybridized carbons (Fsp3) is 0.500. The predicted octanol–water partition coefficient (Wildman–Crippen LogP) is 3.24. The summed E-state index contributed by atoms with van der Waals surface area (Å²) in [6.07, 6.45) is 6.36. The minimum atomic E-state index is -0.286. The van der Waals surface area contributed by atoms with Crippen molar-refractivity contribution in [2.75, 3.05) is 37.0 Å². The molecule has 1 N–H and O–H groups in total. The van der Waals surface area contributed by atoms with Crippen LogP contribution < -0.4 is 15.4 Å². The molecular formula is C20H24N4O. The lowest BCUT2D eigenvalue weighted by Gasteiger charge is -2.48. The molecule has 0 radical (unpaired) electrons. The van der Waals surface area contributed by atoms with Crippen molar-refractivity contribution in [1.82, 2.24) is 4.98 Å². The van der Waals surface area contributed by atoms with Gasteiger partial charge in [0, 0.05) is 38.3 Å². The summed E-state index contributed by atoms with van der Waals surface area (Å²) in [6.45, 7) is 1.86. The number of aromatic nitrogens is 1. The molecule has 4 rings (SSSR count). The minimum absolute atomic E-state index is 0.243. The van der Waals surface area contributed by atoms with Gasteiger partial charge in [-0.05, 0) is 49.3 Å². The summed E-state index contributed by atoms with van der Waals surface area (Å²) in [4.78, 5) is 19.6. The van der Waals surface area contributed by atoms with Crippen LogP contribution in [-0.4, -0.2) is 32.2 Å². The second-order valence-electron chi connectivity index (χ2n) is 7.75. The van der Waals surface area contributed by atoms with E-state index in [1.54, 1.807) is 0 Å². The molecule has 0 unspecified atom stereocenters. The summed E-state index contributed by atoms with van der Waals surface area (Å²) >= 11 is 0. The van der Waals surface area contributed by atoms with E-state index in [9.17, 15) is 10.1 Å². The Labute approximate surface area is 147 Å². The Bertz CT molecular complexity index is 908. The number of aromatic amines is 1. The third-order valence-electron chi connectivity index (χ3n) is 6.15. The van der Waals surface area contributed by atoms with Crippen molar-refractivity contribution >= 4 is 22.3 Å². The van der Waals surface area contributed by atoms with Crippen molar-refractivity contribution in [1.29, 1.82) is 5.26 Å². The van der Waals surface area contributed by atoms with Gasteiger partial charge in [-0.15, -0.1) is 0 Å². The standard InChI is InChI=1S/C20H24N4O/c1-23(2)14-4-5-17-15(12-14)18(16(13-21)19(25)22-17)24-10-8-20(9-11-24)6-3-7-20/h4-5,12H,3,6-11H2,1-2H3,(H,22,25). The number of fused-ring (bicyclic) bond motifs is 1. The first kappa shape index (κ1) is 16.0. The highest BCUT2D eigenvalue weighted by atomic mass is 16.1. The van der Waals surface area contributed by atoms with Crippen molar-refractivity contribution in [3.05, 3.63) is 34.1 Å². The number of hydrogen-bond donors (Lipinski definition) is 1. The van der Waals surface area contributed by atoms with Crippen LogP contribution >= 0.6 is 0 Å². The topological polar surface area (TPSA) is 63.1 Å². The Morgan fingerprint density at radius 2 is 1.92 bits per heavy atom. The number of pyridine rings is 1. The summed E-state index contributed by atoms with van der Waals surface area (Å²) < 4.78 is 0. The molecule has 1 saturated carbocycles. The minimum Gasteiger partial charge on any atom is -0.378 e. The molecule has 130 valence electrons. The lowest BCUT2D eigenvalue weighted by Crippen LogP contribution is -2.44. The number of hydrogen-bond acceptors (Lipinski definition) is 4. The van der Waals surface area contributed by atoms with Crippen molar-refractivity contribution < 1.29 is 0 Å². The van der Waals surface area contributed by atoms with E-state index in [0.29, 0.717) is 5.41 Å². The summed E-state index contributed by atoms with van der Waals surface area (Å²) in [7, 11) is 4.00. The molecular weight excluding hydrogens is 312 g/mol. The number of piperidine rings is 1. The van der Waals surface area contributed by atoms with Crippen LogP contribution in [0, 0.1) is 16.7 Å². The fourth-order valence-electron chi connectivity index (χ4n) is 4.36. The van der Waals surface area contributed by atoms with Gasteiger partial charge in [0.15, 0.2) is 0 Å². The molecule has 1 aliphatic carbocycles. The average molecular weight is 336 g/mol. The molecule has 25 heavy (non-hydrogen) atoms. The normalized spacial score (nSPS) is 18.8. The van der Waals surface area contributed by atoms with Gasteiger partial charge in [-0.2, -0.15) is 5.26 Å². The van der Waals surface area contributed by atoms with E-state index in [-0.39, 0.29) is 11.1 Å². The number of anilines is 2. The molecule has 2 aromatic rings. The molecule has 1 aromatic heterocycles. The van der Waals surface area contributed by atoms with Gasteiger partial charge in [-0.1, -0.05) is 6.42 Å². The largest absolute Gasteiger partial charge is 0.378 e. The number of rotatable bonds is 2. The molecule has 5 heteroatoms. The Balaban J connectivity index is 1.83. The lowest BCUT2D eigenvalue weighted by molar-refractivity contribution is 0.0956. The molecule has 1 aliphatic heterocycles. The quantitative estimate of drug-likeness (QED) is 0.914. The highest BCUT2D eigenvalue weighted by molar-refractivity contribution is 5.96. The van der Waals surface area contributed by atoms with Gasteiger partial charge >= 0.3 is 0 Å². The number of nitrogens with one attached hydrogen (secondary N) is 1. The van der Waals surface area contributed by atoms with Gasteiger partial charge < -0.3 is 14.8 Å². The lowest BCUT2D eigenvalue weighted by atomic mass is 9.63. The van der Waals surface area contributed by atoms with Gasteiger partial charge in [0.1, 0.15) is 11.6 Å². The summed E-state index contributed by atoms with van der Waals surface area (Å²) in [6, 6.07) is 8.16. The maximum atomic E-state index is 12.4. The molecule has 2 aliphatic rings. The summed E-state index contributed by atoms with van der Waals surface area (Å²) in [5, 5.41) is 10.6. The van der Waals surface area contributed by atoms with Gasteiger partial charge in [-0.3, -0.25) is 4.79 Å². The monoisotopic (exact) mass is 336 g/mol. The molecule has 2 fully saturated rings. The van der Waals surface area contributed by atoms with Crippen LogP contribution in [0.2, 0.25) is 0 Å². The Kier molecular flexibility index (Phi) is 3.72. The van der Waals surface area contributed by atoms with Crippen LogP contribution in [0.4, 0.5) is 11.4 Å². The maximum Gasteiger partial charge on any atom is 0.268 e. The van der Waals surface area contributed by atoms with E-state index in [4.69, 9.17) is 0 Å². The van der Waals surface area contributed by atoms with Crippen molar-refractivity contribution in [3.8, 4) is 6.07 Å². The van der Waals surface area contributed by atoms with Crippen molar-refractivity contribution in [2.45, 2.75) is 32.1 Å². The first-order chi connectivity index (χ1) is 12.0. The Morgan fingerprint density at radius 3 is 2.48 bits per heavy atom. The fourth-order valence-corrected chi connectivity index (χ4v) is 4.36. The molecule has 1 saturated heterocycles. The molecule has 1 spiro atoms. The Morgan fingerprint density at radius 1 is 1.20 bits per heavy atom. The van der Waals surface area contributed by atoms with Crippen LogP contribution in [0.1, 0.15) is 37.7 Å². The zero-order valence-corrected chi connectivity index (χ0v) is 14.9. The van der Waals surface area contributed by atoms with Crippen LogP contribution in [0.3, 0.4) is 0 Å². The molecule has 0 amide bonds. The number of H-pyrrole nitrogens is 1. The number of benzene rings is 1. The second-order valence-corrected chi connectivity index (χ2v) is 7.75. The van der Waals surface area contributed by atoms with Crippen LogP contribution in [-0.2, 0) is 0 Å². The first-order valence-corrected chi connectivity index (χ1v) is 9.05. The predicted molar refractivity (Wildman–Crippen MR) is 101 cm³/mol. The van der Waals surface area contributed by atoms with E-state index in [1.807, 2.05) is 31.1 Å². The molecule has 0 atom stereocenters. The van der Waals surface area contributed by atoms with Crippen molar-refractivity contribution in [3.63, 3.8) is 0 Å². The smallest absolute Gasteiger partial charge is 0.268 e. The summed E-state index contributed by atoms with van der Waals surface area (Å²) in [5.41, 5.74) is 3.18. The zero-order chi connectivity index (χ0) is 17.6. The van der Waals surface area contributed by atoms with E-state index in [1.165, 1.54) is 32.1 Å². The number of nitriles is 1. The van der Waals surface area contributed by atoms with Crippen molar-refractivity contribution in [2.24, 2.45) is 5.41 Å². The van der Waals surface area contributed by atoms with E-state index in [0.717, 1.165) is 35.4 Å². The third kappa shape index (κ3) is 2.57. The van der Waals surface area contributed by atoms with Gasteiger partial charge in [-0.25, -0.2) is 0 Å².